The summed E-state index contributed by atoms with van der Waals surface area (Å²) in [5.41, 5.74) is 0. The van der Waals surface area contributed by atoms with Gasteiger partial charge in [0, 0.05) is 20.5 Å². The number of carboxylic acid groups (broad SMARTS) is 1. The van der Waals surface area contributed by atoms with Crippen LogP contribution >= 0.6 is 0 Å². The number of aliphatic hydroxyl groups excluding tert-OH is 2. The van der Waals surface area contributed by atoms with E-state index < -0.39 is 48.1 Å². The number of carbonyl (C=O) groups excluding carboxylic acids is 1. The molecule has 0 aromatic carbocycles. The van der Waals surface area contributed by atoms with Crippen LogP contribution in [-0.2, 0) is 23.8 Å². The monoisotopic (exact) mass is 305 g/mol. The van der Waals surface area contributed by atoms with Gasteiger partial charge in [-0.15, -0.1) is 0 Å². The number of epoxide rings is 1. The predicted octanol–water partition coefficient (Wildman–Crippen LogP) is -2.17. The van der Waals surface area contributed by atoms with Gasteiger partial charge in [-0.1, -0.05) is 0 Å². The zero-order chi connectivity index (χ0) is 15.8. The maximum absolute atomic E-state index is 11.4. The summed E-state index contributed by atoms with van der Waals surface area (Å²) in [6.07, 6.45) is -4.50. The van der Waals surface area contributed by atoms with E-state index in [0.717, 1.165) is 7.11 Å². The van der Waals surface area contributed by atoms with Crippen molar-refractivity contribution in [2.45, 2.75) is 49.6 Å². The molecule has 6 atom stereocenters. The normalized spacial score (nSPS) is 40.4. The quantitative estimate of drug-likeness (QED) is 0.421. The molecule has 2 rings (SSSR count). The van der Waals surface area contributed by atoms with Gasteiger partial charge in [-0.3, -0.25) is 4.79 Å². The molecule has 2 heterocycles. The highest BCUT2D eigenvalue weighted by Gasteiger charge is 2.56. The molecule has 0 spiro atoms. The molecular formula is C12H19NO8. The molecule has 21 heavy (non-hydrogen) atoms. The largest absolute Gasteiger partial charge is 0.477 e. The summed E-state index contributed by atoms with van der Waals surface area (Å²) >= 11 is 0. The first-order valence-corrected chi connectivity index (χ1v) is 6.52. The van der Waals surface area contributed by atoms with Crippen LogP contribution in [0.4, 0.5) is 0 Å². The molecule has 2 saturated heterocycles. The number of ether oxygens (including phenoxy) is 3. The number of rotatable bonds is 5. The van der Waals surface area contributed by atoms with Crippen molar-refractivity contribution in [1.82, 2.24) is 5.32 Å². The average Bonchev–Trinajstić information content (AvgIpc) is 3.23. The molecule has 4 N–H and O–H groups in total. The van der Waals surface area contributed by atoms with Crippen LogP contribution in [0.5, 0.6) is 0 Å². The molecule has 2 aliphatic rings. The molecule has 120 valence electrons. The summed E-state index contributed by atoms with van der Waals surface area (Å²) in [4.78, 5) is 22.6. The third kappa shape index (κ3) is 3.16. The summed E-state index contributed by atoms with van der Waals surface area (Å²) in [6.45, 7) is 1.55. The van der Waals surface area contributed by atoms with Gasteiger partial charge in [0.25, 0.3) is 5.79 Å². The highest BCUT2D eigenvalue weighted by Crippen LogP contribution is 2.34. The van der Waals surface area contributed by atoms with Gasteiger partial charge in [0.1, 0.15) is 18.3 Å². The molecule has 0 aromatic heterocycles. The fraction of sp³-hybridized carbons (Fsp3) is 0.833. The van der Waals surface area contributed by atoms with E-state index in [2.05, 4.69) is 5.32 Å². The Morgan fingerprint density at radius 2 is 2.10 bits per heavy atom. The average molecular weight is 305 g/mol. The smallest absolute Gasteiger partial charge is 0.364 e. The maximum atomic E-state index is 11.4. The molecule has 1 amide bonds. The molecule has 0 saturated carbocycles. The van der Waals surface area contributed by atoms with Crippen LogP contribution in [0.1, 0.15) is 13.3 Å². The minimum absolute atomic E-state index is 0.303. The van der Waals surface area contributed by atoms with Gasteiger partial charge in [0.05, 0.1) is 18.8 Å². The molecule has 9 nitrogen and oxygen atoms in total. The summed E-state index contributed by atoms with van der Waals surface area (Å²) in [5.74, 6) is -3.93. The van der Waals surface area contributed by atoms with Crippen molar-refractivity contribution in [1.29, 1.82) is 0 Å². The van der Waals surface area contributed by atoms with Crippen molar-refractivity contribution in [3.05, 3.63) is 0 Å². The van der Waals surface area contributed by atoms with Crippen molar-refractivity contribution in [3.63, 3.8) is 0 Å². The van der Waals surface area contributed by atoms with E-state index >= 15 is 0 Å². The van der Waals surface area contributed by atoms with E-state index in [-0.39, 0.29) is 6.42 Å². The standard InChI is InChI=1S/C12H19NO8/c1-5(14)13-8-6(15)3-12(19-2,11(17)18)21-10(8)9(16)7-4-20-7/h6-10,15-16H,3-4H2,1-2H3,(H,13,14)(H,17,18)/t6-,7?,8-,9?,10?,12-/m1/s1. The molecule has 2 aliphatic heterocycles. The lowest BCUT2D eigenvalue weighted by atomic mass is 9.89. The first-order valence-electron chi connectivity index (χ1n) is 6.52. The topological polar surface area (TPSA) is 138 Å². The van der Waals surface area contributed by atoms with Crippen LogP contribution < -0.4 is 5.32 Å². The Hall–Kier alpha value is -1.26. The van der Waals surface area contributed by atoms with E-state index in [9.17, 15) is 24.9 Å². The van der Waals surface area contributed by atoms with Gasteiger partial charge in [-0.2, -0.15) is 0 Å². The van der Waals surface area contributed by atoms with E-state index in [1.807, 2.05) is 0 Å². The molecule has 2 fully saturated rings. The Labute approximate surface area is 120 Å². The van der Waals surface area contributed by atoms with Crippen molar-refractivity contribution in [2.24, 2.45) is 0 Å². The fourth-order valence-corrected chi connectivity index (χ4v) is 2.48. The second kappa shape index (κ2) is 5.85. The van der Waals surface area contributed by atoms with Crippen molar-refractivity contribution >= 4 is 11.9 Å². The molecule has 0 bridgehead atoms. The highest BCUT2D eigenvalue weighted by molar-refractivity contribution is 5.76. The van der Waals surface area contributed by atoms with Crippen LogP contribution in [0, 0.1) is 0 Å². The fourth-order valence-electron chi connectivity index (χ4n) is 2.48. The minimum atomic E-state index is -2.07. The number of carbonyl (C=O) groups is 2. The molecule has 3 unspecified atom stereocenters. The van der Waals surface area contributed by atoms with E-state index in [0.29, 0.717) is 6.61 Å². The third-order valence-electron chi connectivity index (χ3n) is 3.67. The minimum Gasteiger partial charge on any atom is -0.477 e. The van der Waals surface area contributed by atoms with Crippen molar-refractivity contribution < 1.29 is 39.1 Å². The first kappa shape index (κ1) is 16.1. The molecule has 0 aliphatic carbocycles. The lowest BCUT2D eigenvalue weighted by Gasteiger charge is -2.45. The number of aliphatic carboxylic acids is 1. The Morgan fingerprint density at radius 3 is 2.52 bits per heavy atom. The number of nitrogens with one attached hydrogen (secondary N) is 1. The highest BCUT2D eigenvalue weighted by atomic mass is 16.7. The lowest BCUT2D eigenvalue weighted by Crippen LogP contribution is -2.66. The van der Waals surface area contributed by atoms with Crippen molar-refractivity contribution in [2.75, 3.05) is 13.7 Å². The maximum Gasteiger partial charge on any atom is 0.364 e. The Kier molecular flexibility index (Phi) is 4.49. The summed E-state index contributed by atoms with van der Waals surface area (Å²) in [5, 5.41) is 32.1. The van der Waals surface area contributed by atoms with E-state index in [4.69, 9.17) is 14.2 Å². The Balaban J connectivity index is 2.26. The van der Waals surface area contributed by atoms with Gasteiger partial charge in [0.15, 0.2) is 0 Å². The number of methoxy groups -OCH3 is 1. The second-order valence-corrected chi connectivity index (χ2v) is 5.20. The molecular weight excluding hydrogens is 286 g/mol. The number of hydrogen-bond acceptors (Lipinski definition) is 7. The number of carboxylic acids is 1. The van der Waals surface area contributed by atoms with Crippen LogP contribution in [-0.4, -0.2) is 77.2 Å². The van der Waals surface area contributed by atoms with E-state index in [1.54, 1.807) is 0 Å². The SMILES string of the molecule is CO[C@]1(C(=O)O)C[C@@H](O)[C@@H](NC(C)=O)C(C(O)C2CO2)O1. The Bertz CT molecular complexity index is 425. The van der Waals surface area contributed by atoms with Gasteiger partial charge < -0.3 is 34.8 Å². The number of amides is 1. The zero-order valence-corrected chi connectivity index (χ0v) is 11.7. The molecule has 9 heteroatoms. The lowest BCUT2D eigenvalue weighted by molar-refractivity contribution is -0.299. The van der Waals surface area contributed by atoms with E-state index in [1.165, 1.54) is 6.92 Å². The number of hydrogen-bond donors (Lipinski definition) is 4. The first-order chi connectivity index (χ1) is 9.80. The van der Waals surface area contributed by atoms with Gasteiger partial charge in [-0.25, -0.2) is 4.79 Å². The van der Waals surface area contributed by atoms with Gasteiger partial charge in [0.2, 0.25) is 5.91 Å². The number of aliphatic hydroxyl groups is 2. The van der Waals surface area contributed by atoms with Crippen molar-refractivity contribution in [3.8, 4) is 0 Å². The Morgan fingerprint density at radius 1 is 1.48 bits per heavy atom. The predicted molar refractivity (Wildman–Crippen MR) is 66.2 cm³/mol. The summed E-state index contributed by atoms with van der Waals surface area (Å²) < 4.78 is 15.3. The van der Waals surface area contributed by atoms with Crippen LogP contribution in [0.2, 0.25) is 0 Å². The third-order valence-corrected chi connectivity index (χ3v) is 3.67. The van der Waals surface area contributed by atoms with Crippen LogP contribution in [0.25, 0.3) is 0 Å². The second-order valence-electron chi connectivity index (χ2n) is 5.20. The van der Waals surface area contributed by atoms with Gasteiger partial charge >= 0.3 is 5.97 Å². The summed E-state index contributed by atoms with van der Waals surface area (Å²) in [6, 6.07) is -0.954. The summed E-state index contributed by atoms with van der Waals surface area (Å²) in [7, 11) is 1.14. The zero-order valence-electron chi connectivity index (χ0n) is 11.7. The van der Waals surface area contributed by atoms with Crippen LogP contribution in [0.3, 0.4) is 0 Å². The van der Waals surface area contributed by atoms with Crippen LogP contribution in [0.15, 0.2) is 0 Å². The molecule has 0 radical (unpaired) electrons. The van der Waals surface area contributed by atoms with Gasteiger partial charge in [-0.05, 0) is 0 Å². The molecule has 0 aromatic rings.